The van der Waals surface area contributed by atoms with Crippen molar-refractivity contribution in [3.63, 3.8) is 0 Å². The maximum Gasteiger partial charge on any atom is 0.312 e. The first kappa shape index (κ1) is 15.0. The van der Waals surface area contributed by atoms with Gasteiger partial charge in [0.25, 0.3) is 5.91 Å². The van der Waals surface area contributed by atoms with E-state index in [0.29, 0.717) is 16.8 Å². The number of carbonyl (C=O) groups is 2. The topological polar surface area (TPSA) is 83.1 Å². The Labute approximate surface area is 126 Å². The molecule has 0 unspecified atom stereocenters. The summed E-state index contributed by atoms with van der Waals surface area (Å²) in [6.07, 6.45) is 1.66. The van der Waals surface area contributed by atoms with Gasteiger partial charge in [0.05, 0.1) is 11.3 Å². The number of nitrogens with one attached hydrogen (secondary N) is 3. The molecule has 0 saturated heterocycles. The Hall–Kier alpha value is -2.38. The zero-order valence-electron chi connectivity index (χ0n) is 11.3. The van der Waals surface area contributed by atoms with Crippen molar-refractivity contribution in [2.24, 2.45) is 0 Å². The van der Waals surface area contributed by atoms with Crippen molar-refractivity contribution < 1.29 is 9.59 Å². The normalized spacial score (nSPS) is 9.95. The van der Waals surface area contributed by atoms with Gasteiger partial charge in [-0.3, -0.25) is 30.1 Å². The van der Waals surface area contributed by atoms with Gasteiger partial charge in [0.1, 0.15) is 0 Å². The monoisotopic (exact) mass is 302 g/mol. The van der Waals surface area contributed by atoms with E-state index < -0.39 is 11.1 Å². The van der Waals surface area contributed by atoms with E-state index in [1.54, 1.807) is 37.5 Å². The van der Waals surface area contributed by atoms with Gasteiger partial charge in [-0.2, -0.15) is 0 Å². The third-order valence-electron chi connectivity index (χ3n) is 2.59. The smallest absolute Gasteiger partial charge is 0.267 e. The second kappa shape index (κ2) is 7.41. The third-order valence-corrected chi connectivity index (χ3v) is 3.08. The number of aromatic nitrogens is 1. The molecule has 108 valence electrons. The highest BCUT2D eigenvalue weighted by molar-refractivity contribution is 8.11. The molecule has 2 aromatic rings. The van der Waals surface area contributed by atoms with E-state index in [1.807, 2.05) is 18.2 Å². The van der Waals surface area contributed by atoms with E-state index in [1.165, 1.54) is 0 Å². The van der Waals surface area contributed by atoms with Crippen molar-refractivity contribution in [1.29, 1.82) is 0 Å². The molecular formula is C14H14N4O2S. The van der Waals surface area contributed by atoms with Crippen LogP contribution in [0.1, 0.15) is 10.4 Å². The molecule has 1 heterocycles. The molecule has 0 radical (unpaired) electrons. The summed E-state index contributed by atoms with van der Waals surface area (Å²) in [5.41, 5.74) is 6.50. The number of hydrazine groups is 1. The van der Waals surface area contributed by atoms with Gasteiger partial charge in [-0.05, 0) is 25.2 Å². The molecule has 0 atom stereocenters. The van der Waals surface area contributed by atoms with Crippen molar-refractivity contribution in [3.05, 3.63) is 54.2 Å². The highest BCUT2D eigenvalue weighted by atomic mass is 32.2. The SMILES string of the molecule is CNSC(=O)NNC(=O)c1ccccc1-c1ccccn1. The zero-order valence-corrected chi connectivity index (χ0v) is 12.1. The quantitative estimate of drug-likeness (QED) is 0.596. The van der Waals surface area contributed by atoms with Gasteiger partial charge in [0.15, 0.2) is 0 Å². The Balaban J connectivity index is 2.17. The van der Waals surface area contributed by atoms with Crippen LogP contribution in [0.3, 0.4) is 0 Å². The molecule has 1 aromatic carbocycles. The highest BCUT2D eigenvalue weighted by Crippen LogP contribution is 2.21. The Bertz CT molecular complexity index is 634. The van der Waals surface area contributed by atoms with Gasteiger partial charge in [-0.15, -0.1) is 0 Å². The maximum atomic E-state index is 12.2. The average Bonchev–Trinajstić information content (AvgIpc) is 2.54. The lowest BCUT2D eigenvalue weighted by Gasteiger charge is -2.10. The van der Waals surface area contributed by atoms with Crippen molar-refractivity contribution in [1.82, 2.24) is 20.6 Å². The number of pyridine rings is 1. The molecule has 3 N–H and O–H groups in total. The molecular weight excluding hydrogens is 288 g/mol. The predicted molar refractivity (Wildman–Crippen MR) is 82.3 cm³/mol. The molecule has 0 spiro atoms. The third kappa shape index (κ3) is 4.04. The van der Waals surface area contributed by atoms with Crippen LogP contribution in [-0.4, -0.2) is 23.2 Å². The summed E-state index contributed by atoms with van der Waals surface area (Å²) in [4.78, 5) is 27.7. The van der Waals surface area contributed by atoms with E-state index in [2.05, 4.69) is 20.6 Å². The molecule has 1 aromatic heterocycles. The molecule has 2 rings (SSSR count). The Kier molecular flexibility index (Phi) is 5.30. The van der Waals surface area contributed by atoms with E-state index in [4.69, 9.17) is 0 Å². The first-order valence-corrected chi connectivity index (χ1v) is 6.98. The van der Waals surface area contributed by atoms with E-state index >= 15 is 0 Å². The molecule has 2 amide bonds. The largest absolute Gasteiger partial charge is 0.312 e. The summed E-state index contributed by atoms with van der Waals surface area (Å²) in [5, 5.41) is -0.402. The first-order valence-electron chi connectivity index (χ1n) is 6.16. The van der Waals surface area contributed by atoms with Crippen molar-refractivity contribution in [3.8, 4) is 11.3 Å². The van der Waals surface area contributed by atoms with Crippen molar-refractivity contribution in [2.45, 2.75) is 0 Å². The molecule has 21 heavy (non-hydrogen) atoms. The second-order valence-corrected chi connectivity index (χ2v) is 4.92. The first-order chi connectivity index (χ1) is 10.2. The lowest BCUT2D eigenvalue weighted by atomic mass is 10.0. The van der Waals surface area contributed by atoms with Crippen LogP contribution in [0.15, 0.2) is 48.7 Å². The number of hydrogen-bond donors (Lipinski definition) is 3. The summed E-state index contributed by atoms with van der Waals surface area (Å²) in [6.45, 7) is 0. The van der Waals surface area contributed by atoms with Gasteiger partial charge in [-0.25, -0.2) is 0 Å². The number of benzene rings is 1. The molecule has 0 aliphatic rings. The Morgan fingerprint density at radius 3 is 2.52 bits per heavy atom. The van der Waals surface area contributed by atoms with Crippen LogP contribution in [0.5, 0.6) is 0 Å². The second-order valence-electron chi connectivity index (χ2n) is 3.93. The van der Waals surface area contributed by atoms with Gasteiger partial charge < -0.3 is 0 Å². The van der Waals surface area contributed by atoms with E-state index in [9.17, 15) is 9.59 Å². The summed E-state index contributed by atoms with van der Waals surface area (Å²) < 4.78 is 2.61. The van der Waals surface area contributed by atoms with Crippen LogP contribution in [0.25, 0.3) is 11.3 Å². The number of rotatable bonds is 3. The summed E-state index contributed by atoms with van der Waals surface area (Å²) in [7, 11) is 1.61. The van der Waals surface area contributed by atoms with Crippen LogP contribution in [0.2, 0.25) is 0 Å². The fourth-order valence-corrected chi connectivity index (χ4v) is 2.01. The molecule has 0 aliphatic carbocycles. The van der Waals surface area contributed by atoms with Gasteiger partial charge in [0.2, 0.25) is 0 Å². The van der Waals surface area contributed by atoms with Gasteiger partial charge >= 0.3 is 5.24 Å². The van der Waals surface area contributed by atoms with E-state index in [0.717, 1.165) is 11.9 Å². The fraction of sp³-hybridized carbons (Fsp3) is 0.0714. The minimum atomic E-state index is -0.402. The van der Waals surface area contributed by atoms with Crippen LogP contribution < -0.4 is 15.6 Å². The number of hydrogen-bond acceptors (Lipinski definition) is 5. The predicted octanol–water partition coefficient (Wildman–Crippen LogP) is 1.97. The molecule has 0 bridgehead atoms. The van der Waals surface area contributed by atoms with Gasteiger partial charge in [0, 0.05) is 23.7 Å². The fourth-order valence-electron chi connectivity index (χ4n) is 1.72. The number of amides is 2. The lowest BCUT2D eigenvalue weighted by molar-refractivity contribution is 0.0940. The highest BCUT2D eigenvalue weighted by Gasteiger charge is 2.13. The van der Waals surface area contributed by atoms with Crippen molar-refractivity contribution in [2.75, 3.05) is 7.05 Å². The number of carbonyl (C=O) groups excluding carboxylic acids is 2. The Morgan fingerprint density at radius 2 is 1.81 bits per heavy atom. The lowest BCUT2D eigenvalue weighted by Crippen LogP contribution is -2.40. The average molecular weight is 302 g/mol. The summed E-state index contributed by atoms with van der Waals surface area (Å²) >= 11 is 0.842. The van der Waals surface area contributed by atoms with Crippen LogP contribution in [0.4, 0.5) is 4.79 Å². The number of nitrogens with zero attached hydrogens (tertiary/aromatic N) is 1. The molecule has 6 nitrogen and oxygen atoms in total. The summed E-state index contributed by atoms with van der Waals surface area (Å²) in [6, 6.07) is 12.5. The molecule has 0 fully saturated rings. The zero-order chi connectivity index (χ0) is 15.1. The molecule has 0 saturated carbocycles. The maximum absolute atomic E-state index is 12.2. The molecule has 0 aliphatic heterocycles. The van der Waals surface area contributed by atoms with Crippen LogP contribution in [-0.2, 0) is 0 Å². The van der Waals surface area contributed by atoms with Crippen LogP contribution >= 0.6 is 11.9 Å². The standard InChI is InChI=1S/C14H14N4O2S/c1-15-21-14(20)18-17-13(19)11-7-3-2-6-10(11)12-8-4-5-9-16-12/h2-9,15H,1H3,(H,17,19)(H,18,20). The summed E-state index contributed by atoms with van der Waals surface area (Å²) in [5.74, 6) is -0.402. The minimum absolute atomic E-state index is 0.402. The van der Waals surface area contributed by atoms with Gasteiger partial charge in [-0.1, -0.05) is 24.3 Å². The van der Waals surface area contributed by atoms with E-state index in [-0.39, 0.29) is 0 Å². The van der Waals surface area contributed by atoms with Crippen molar-refractivity contribution >= 4 is 23.1 Å². The Morgan fingerprint density at radius 1 is 1.05 bits per heavy atom. The molecule has 7 heteroatoms. The minimum Gasteiger partial charge on any atom is -0.267 e. The van der Waals surface area contributed by atoms with Crippen LogP contribution in [0, 0.1) is 0 Å².